The molecule has 0 unspecified atom stereocenters. The topological polar surface area (TPSA) is 62.3 Å². The van der Waals surface area contributed by atoms with E-state index in [0.717, 1.165) is 10.8 Å². The number of carbonyl (C=O) groups is 2. The number of halogens is 1. The molecule has 0 bridgehead atoms. The smallest absolute Gasteiger partial charge is 0.230 e. The van der Waals surface area contributed by atoms with Crippen LogP contribution >= 0.6 is 23.7 Å². The summed E-state index contributed by atoms with van der Waals surface area (Å²) < 4.78 is 0. The molecule has 1 aromatic heterocycles. The zero-order chi connectivity index (χ0) is 14.7. The van der Waals surface area contributed by atoms with Gasteiger partial charge in [-0.05, 0) is 5.56 Å². The molecule has 7 heteroatoms. The van der Waals surface area contributed by atoms with Crippen molar-refractivity contribution >= 4 is 40.7 Å². The summed E-state index contributed by atoms with van der Waals surface area (Å²) in [5.74, 6) is -0.210. The number of thiazole rings is 1. The molecule has 22 heavy (non-hydrogen) atoms. The van der Waals surface area contributed by atoms with E-state index in [-0.39, 0.29) is 30.8 Å². The number of benzene rings is 1. The van der Waals surface area contributed by atoms with Crippen molar-refractivity contribution < 1.29 is 9.59 Å². The molecule has 2 heterocycles. The average molecular weight is 338 g/mol. The van der Waals surface area contributed by atoms with Gasteiger partial charge in [0, 0.05) is 24.8 Å². The molecule has 0 aliphatic carbocycles. The second kappa shape index (κ2) is 7.38. The highest BCUT2D eigenvalue weighted by Gasteiger charge is 2.29. The molecule has 1 saturated heterocycles. The van der Waals surface area contributed by atoms with Crippen molar-refractivity contribution in [3.63, 3.8) is 0 Å². The molecule has 116 valence electrons. The third kappa shape index (κ3) is 3.84. The highest BCUT2D eigenvalue weighted by atomic mass is 35.5. The maximum Gasteiger partial charge on any atom is 0.230 e. The van der Waals surface area contributed by atoms with Crippen molar-refractivity contribution in [3.8, 4) is 0 Å². The number of anilines is 1. The summed E-state index contributed by atoms with van der Waals surface area (Å²) in [6, 6.07) is 10.1. The average Bonchev–Trinajstić information content (AvgIpc) is 3.08. The lowest BCUT2D eigenvalue weighted by Gasteiger charge is -2.11. The number of rotatable bonds is 5. The first kappa shape index (κ1) is 16.5. The molecular weight excluding hydrogens is 322 g/mol. The molecule has 0 saturated carbocycles. The van der Waals surface area contributed by atoms with E-state index < -0.39 is 0 Å². The van der Waals surface area contributed by atoms with Gasteiger partial charge in [-0.3, -0.25) is 14.5 Å². The molecular formula is C15H16ClN3O2S. The summed E-state index contributed by atoms with van der Waals surface area (Å²) in [7, 11) is 0. The Kier molecular flexibility index (Phi) is 5.51. The Balaban J connectivity index is 0.00000176. The number of hydrogen-bond acceptors (Lipinski definition) is 5. The highest BCUT2D eigenvalue weighted by molar-refractivity contribution is 7.13. The zero-order valence-electron chi connectivity index (χ0n) is 11.8. The van der Waals surface area contributed by atoms with E-state index in [1.54, 1.807) is 0 Å². The molecule has 1 fully saturated rings. The Labute approximate surface area is 138 Å². The maximum atomic E-state index is 11.6. The fourth-order valence-electron chi connectivity index (χ4n) is 2.20. The molecule has 1 aliphatic rings. The summed E-state index contributed by atoms with van der Waals surface area (Å²) in [6.45, 7) is 0.983. The largest absolute Gasteiger partial charge is 0.357 e. The number of aromatic nitrogens is 1. The Morgan fingerprint density at radius 1 is 1.14 bits per heavy atom. The van der Waals surface area contributed by atoms with Crippen LogP contribution in [0.15, 0.2) is 35.7 Å². The summed E-state index contributed by atoms with van der Waals surface area (Å²) in [5, 5.41) is 5.93. The summed E-state index contributed by atoms with van der Waals surface area (Å²) in [5.41, 5.74) is 1.93. The van der Waals surface area contributed by atoms with E-state index in [1.165, 1.54) is 21.8 Å². The van der Waals surface area contributed by atoms with E-state index in [9.17, 15) is 9.59 Å². The number of nitrogens with one attached hydrogen (secondary N) is 1. The van der Waals surface area contributed by atoms with Crippen LogP contribution < -0.4 is 5.32 Å². The van der Waals surface area contributed by atoms with E-state index >= 15 is 0 Å². The van der Waals surface area contributed by atoms with Crippen LogP contribution in [0.3, 0.4) is 0 Å². The van der Waals surface area contributed by atoms with Crippen molar-refractivity contribution in [1.29, 1.82) is 0 Å². The summed E-state index contributed by atoms with van der Waals surface area (Å²) >= 11 is 1.48. The minimum absolute atomic E-state index is 0. The molecule has 2 amide bonds. The molecule has 0 atom stereocenters. The van der Waals surface area contributed by atoms with Crippen molar-refractivity contribution in [2.24, 2.45) is 0 Å². The van der Waals surface area contributed by atoms with Crippen LogP contribution in [0.1, 0.15) is 24.1 Å². The number of hydrogen-bond donors (Lipinski definition) is 1. The molecule has 1 aliphatic heterocycles. The molecule has 1 aromatic carbocycles. The van der Waals surface area contributed by atoms with Crippen molar-refractivity contribution in [2.75, 3.05) is 5.32 Å². The Hall–Kier alpha value is -1.92. The van der Waals surface area contributed by atoms with Gasteiger partial charge in [0.2, 0.25) is 11.8 Å². The molecule has 0 spiro atoms. The molecule has 0 radical (unpaired) electrons. The van der Waals surface area contributed by atoms with Crippen LogP contribution in [-0.2, 0) is 22.7 Å². The number of likely N-dealkylation sites (tertiary alicyclic amines) is 1. The van der Waals surface area contributed by atoms with E-state index in [4.69, 9.17) is 0 Å². The van der Waals surface area contributed by atoms with Gasteiger partial charge in [-0.1, -0.05) is 30.3 Å². The van der Waals surface area contributed by atoms with Crippen molar-refractivity contribution in [2.45, 2.75) is 25.9 Å². The van der Waals surface area contributed by atoms with Crippen LogP contribution in [0.2, 0.25) is 0 Å². The number of amides is 2. The van der Waals surface area contributed by atoms with Crippen LogP contribution in [0, 0.1) is 0 Å². The number of imide groups is 1. The second-order valence-corrected chi connectivity index (χ2v) is 5.71. The lowest BCUT2D eigenvalue weighted by Crippen LogP contribution is -2.28. The third-order valence-electron chi connectivity index (χ3n) is 3.31. The fourth-order valence-corrected chi connectivity index (χ4v) is 2.90. The Morgan fingerprint density at radius 2 is 1.82 bits per heavy atom. The van der Waals surface area contributed by atoms with Gasteiger partial charge in [0.1, 0.15) is 0 Å². The highest BCUT2D eigenvalue weighted by Crippen LogP contribution is 2.20. The predicted molar refractivity (Wildman–Crippen MR) is 87.9 cm³/mol. The quantitative estimate of drug-likeness (QED) is 0.852. The SMILES string of the molecule is Cl.O=C1CCC(=O)N1Cc1csc(NCc2ccccc2)n1. The zero-order valence-corrected chi connectivity index (χ0v) is 13.5. The van der Waals surface area contributed by atoms with Gasteiger partial charge in [0.15, 0.2) is 5.13 Å². The normalized spacial score (nSPS) is 14.1. The Bertz CT molecular complexity index is 644. The monoisotopic (exact) mass is 337 g/mol. The van der Waals surface area contributed by atoms with Crippen LogP contribution in [0.4, 0.5) is 5.13 Å². The van der Waals surface area contributed by atoms with Gasteiger partial charge in [-0.25, -0.2) is 4.98 Å². The molecule has 2 aromatic rings. The van der Waals surface area contributed by atoms with Crippen molar-refractivity contribution in [1.82, 2.24) is 9.88 Å². The van der Waals surface area contributed by atoms with Crippen LogP contribution in [0.5, 0.6) is 0 Å². The van der Waals surface area contributed by atoms with Crippen LogP contribution in [0.25, 0.3) is 0 Å². The van der Waals surface area contributed by atoms with E-state index in [2.05, 4.69) is 10.3 Å². The third-order valence-corrected chi connectivity index (χ3v) is 4.16. The maximum absolute atomic E-state index is 11.6. The molecule has 5 nitrogen and oxygen atoms in total. The number of carbonyl (C=O) groups excluding carboxylic acids is 2. The van der Waals surface area contributed by atoms with Gasteiger partial charge >= 0.3 is 0 Å². The summed E-state index contributed by atoms with van der Waals surface area (Å²) in [4.78, 5) is 28.9. The van der Waals surface area contributed by atoms with Gasteiger partial charge < -0.3 is 5.32 Å². The lowest BCUT2D eigenvalue weighted by molar-refractivity contribution is -0.139. The predicted octanol–water partition coefficient (Wildman–Crippen LogP) is 2.83. The molecule has 3 rings (SSSR count). The first-order valence-corrected chi connectivity index (χ1v) is 7.66. The van der Waals surface area contributed by atoms with Gasteiger partial charge in [0.25, 0.3) is 0 Å². The minimum Gasteiger partial charge on any atom is -0.357 e. The lowest BCUT2D eigenvalue weighted by atomic mass is 10.2. The Morgan fingerprint density at radius 3 is 2.50 bits per heavy atom. The minimum atomic E-state index is -0.105. The standard InChI is InChI=1S/C15H15N3O2S.ClH/c19-13-6-7-14(20)18(13)9-12-10-21-15(17-12)16-8-11-4-2-1-3-5-11;/h1-5,10H,6-9H2,(H,16,17);1H. The van der Waals surface area contributed by atoms with Gasteiger partial charge in [0.05, 0.1) is 12.2 Å². The number of nitrogens with zero attached hydrogens (tertiary/aromatic N) is 2. The van der Waals surface area contributed by atoms with E-state index in [0.29, 0.717) is 19.4 Å². The fraction of sp³-hybridized carbons (Fsp3) is 0.267. The second-order valence-electron chi connectivity index (χ2n) is 4.86. The van der Waals surface area contributed by atoms with E-state index in [1.807, 2.05) is 35.7 Å². The molecule has 1 N–H and O–H groups in total. The summed E-state index contributed by atoms with van der Waals surface area (Å²) in [6.07, 6.45) is 0.643. The van der Waals surface area contributed by atoms with Gasteiger partial charge in [-0.2, -0.15) is 0 Å². The first-order valence-electron chi connectivity index (χ1n) is 6.78. The van der Waals surface area contributed by atoms with Gasteiger partial charge in [-0.15, -0.1) is 23.7 Å². The first-order chi connectivity index (χ1) is 10.2. The van der Waals surface area contributed by atoms with Crippen molar-refractivity contribution in [3.05, 3.63) is 47.0 Å². The van der Waals surface area contributed by atoms with Crippen LogP contribution in [-0.4, -0.2) is 21.7 Å².